The molecule has 0 radical (unpaired) electrons. The third-order valence-corrected chi connectivity index (χ3v) is 8.47. The second-order valence-electron chi connectivity index (χ2n) is 7.89. The van der Waals surface area contributed by atoms with Crippen LogP contribution in [0.3, 0.4) is 0 Å². The summed E-state index contributed by atoms with van der Waals surface area (Å²) in [5.41, 5.74) is 3.23. The van der Waals surface area contributed by atoms with Crippen molar-refractivity contribution in [1.29, 1.82) is 0 Å². The molecule has 1 saturated heterocycles. The number of aryl methyl sites for hydroxylation is 1. The molecule has 168 valence electrons. The van der Waals surface area contributed by atoms with Crippen molar-refractivity contribution in [1.82, 2.24) is 9.62 Å². The fraction of sp³-hybridized carbons (Fsp3) is 0.435. The Labute approximate surface area is 194 Å². The van der Waals surface area contributed by atoms with Crippen LogP contribution in [0.2, 0.25) is 5.02 Å². The molecule has 1 aliphatic rings. The number of sulfonamides is 1. The van der Waals surface area contributed by atoms with Gasteiger partial charge in [0.15, 0.2) is 0 Å². The minimum Gasteiger partial charge on any atom is -0.355 e. The van der Waals surface area contributed by atoms with Gasteiger partial charge in [-0.1, -0.05) is 53.6 Å². The Hall–Kier alpha value is -1.54. The lowest BCUT2D eigenvalue weighted by Gasteiger charge is -2.30. The maximum Gasteiger partial charge on any atom is 0.223 e. The van der Waals surface area contributed by atoms with E-state index in [2.05, 4.69) is 36.5 Å². The van der Waals surface area contributed by atoms with E-state index in [1.807, 2.05) is 0 Å². The van der Waals surface area contributed by atoms with Crippen LogP contribution in [-0.2, 0) is 26.3 Å². The summed E-state index contributed by atoms with van der Waals surface area (Å²) in [6.07, 6.45) is 1.11. The monoisotopic (exact) mass is 480 g/mol. The number of amides is 1. The van der Waals surface area contributed by atoms with Gasteiger partial charge in [0, 0.05) is 42.1 Å². The highest BCUT2D eigenvalue weighted by molar-refractivity contribution is 7.98. The maximum atomic E-state index is 12.7. The van der Waals surface area contributed by atoms with E-state index in [4.69, 9.17) is 11.6 Å². The summed E-state index contributed by atoms with van der Waals surface area (Å²) in [6, 6.07) is 15.4. The van der Waals surface area contributed by atoms with Gasteiger partial charge in [0.25, 0.3) is 0 Å². The molecule has 1 fully saturated rings. The van der Waals surface area contributed by atoms with E-state index in [1.165, 1.54) is 15.4 Å². The van der Waals surface area contributed by atoms with Crippen LogP contribution in [0.25, 0.3) is 0 Å². The van der Waals surface area contributed by atoms with Crippen molar-refractivity contribution < 1.29 is 13.2 Å². The molecule has 2 aromatic rings. The molecule has 1 aliphatic heterocycles. The molecule has 2 aromatic carbocycles. The summed E-state index contributed by atoms with van der Waals surface area (Å²) in [6.45, 7) is 3.47. The minimum atomic E-state index is -3.42. The van der Waals surface area contributed by atoms with E-state index in [0.717, 1.165) is 11.5 Å². The van der Waals surface area contributed by atoms with Crippen LogP contribution in [0, 0.1) is 12.8 Å². The third kappa shape index (κ3) is 7.52. The van der Waals surface area contributed by atoms with Crippen LogP contribution < -0.4 is 5.32 Å². The summed E-state index contributed by atoms with van der Waals surface area (Å²) in [5, 5.41) is 3.54. The predicted molar refractivity (Wildman–Crippen MR) is 129 cm³/mol. The SMILES string of the molecule is Cc1cccc(CSCCNC(=O)C2CCN(S(=O)(=O)Cc3cccc(Cl)c3)CC2)c1. The van der Waals surface area contributed by atoms with Crippen LogP contribution >= 0.6 is 23.4 Å². The van der Waals surface area contributed by atoms with E-state index in [-0.39, 0.29) is 17.6 Å². The zero-order valence-electron chi connectivity index (χ0n) is 17.7. The van der Waals surface area contributed by atoms with Gasteiger partial charge in [0.1, 0.15) is 0 Å². The number of carbonyl (C=O) groups excluding carboxylic acids is 1. The first-order chi connectivity index (χ1) is 14.8. The summed E-state index contributed by atoms with van der Waals surface area (Å²) in [7, 11) is -3.42. The number of nitrogens with zero attached hydrogens (tertiary/aromatic N) is 1. The molecule has 5 nitrogen and oxygen atoms in total. The van der Waals surface area contributed by atoms with E-state index < -0.39 is 10.0 Å². The Bertz CT molecular complexity index is 990. The first-order valence-electron chi connectivity index (χ1n) is 10.5. The van der Waals surface area contributed by atoms with Crippen molar-refractivity contribution in [2.45, 2.75) is 31.3 Å². The molecular weight excluding hydrogens is 452 g/mol. The first-order valence-corrected chi connectivity index (χ1v) is 13.6. The fourth-order valence-corrected chi connectivity index (χ4v) is 6.28. The minimum absolute atomic E-state index is 0.0306. The van der Waals surface area contributed by atoms with Crippen molar-refractivity contribution >= 4 is 39.3 Å². The molecule has 0 saturated carbocycles. The lowest BCUT2D eigenvalue weighted by molar-refractivity contribution is -0.125. The van der Waals surface area contributed by atoms with Gasteiger partial charge in [0.2, 0.25) is 15.9 Å². The highest BCUT2D eigenvalue weighted by Crippen LogP contribution is 2.23. The Morgan fingerprint density at radius 1 is 1.13 bits per heavy atom. The third-order valence-electron chi connectivity index (χ3n) is 5.35. The number of benzene rings is 2. The summed E-state index contributed by atoms with van der Waals surface area (Å²) in [4.78, 5) is 12.5. The molecule has 1 heterocycles. The Morgan fingerprint density at radius 2 is 1.84 bits per heavy atom. The molecule has 8 heteroatoms. The second kappa shape index (κ2) is 11.4. The van der Waals surface area contributed by atoms with Crippen molar-refractivity contribution in [2.75, 3.05) is 25.4 Å². The standard InChI is InChI=1S/C23H29ClN2O3S2/c1-18-4-2-5-19(14-18)16-30-13-10-25-23(27)21-8-11-26(12-9-21)31(28,29)17-20-6-3-7-22(24)15-20/h2-7,14-15,21H,8-13,16-17H2,1H3,(H,25,27). The molecule has 31 heavy (non-hydrogen) atoms. The molecule has 1 N–H and O–H groups in total. The quantitative estimate of drug-likeness (QED) is 0.545. The number of piperidine rings is 1. The molecule has 1 amide bonds. The van der Waals surface area contributed by atoms with Crippen LogP contribution in [0.5, 0.6) is 0 Å². The number of thioether (sulfide) groups is 1. The molecule has 0 bridgehead atoms. The lowest BCUT2D eigenvalue weighted by Crippen LogP contribution is -2.43. The zero-order chi connectivity index (χ0) is 22.3. The van der Waals surface area contributed by atoms with Gasteiger partial charge in [-0.25, -0.2) is 12.7 Å². The number of nitrogens with one attached hydrogen (secondary N) is 1. The molecule has 0 aliphatic carbocycles. The summed E-state index contributed by atoms with van der Waals surface area (Å²) >= 11 is 7.76. The molecule has 0 spiro atoms. The Balaban J connectivity index is 1.37. The number of halogens is 1. The highest BCUT2D eigenvalue weighted by Gasteiger charge is 2.31. The molecular formula is C23H29ClN2O3S2. The fourth-order valence-electron chi connectivity index (χ4n) is 3.71. The zero-order valence-corrected chi connectivity index (χ0v) is 20.1. The van der Waals surface area contributed by atoms with Gasteiger partial charge in [-0.05, 0) is 43.0 Å². The number of hydrogen-bond donors (Lipinski definition) is 1. The topological polar surface area (TPSA) is 66.5 Å². The van der Waals surface area contributed by atoms with Crippen molar-refractivity contribution in [3.8, 4) is 0 Å². The van der Waals surface area contributed by atoms with Gasteiger partial charge < -0.3 is 5.32 Å². The van der Waals surface area contributed by atoms with Gasteiger partial charge in [-0.15, -0.1) is 0 Å². The van der Waals surface area contributed by atoms with E-state index >= 15 is 0 Å². The Morgan fingerprint density at radius 3 is 2.55 bits per heavy atom. The van der Waals surface area contributed by atoms with Crippen LogP contribution in [0.4, 0.5) is 0 Å². The van der Waals surface area contributed by atoms with E-state index in [9.17, 15) is 13.2 Å². The van der Waals surface area contributed by atoms with Crippen LogP contribution in [-0.4, -0.2) is 44.0 Å². The van der Waals surface area contributed by atoms with Gasteiger partial charge in [-0.3, -0.25) is 4.79 Å². The smallest absolute Gasteiger partial charge is 0.223 e. The summed E-state index contributed by atoms with van der Waals surface area (Å²) < 4.78 is 26.9. The Kier molecular flexibility index (Phi) is 8.84. The molecule has 0 aromatic heterocycles. The molecule has 0 unspecified atom stereocenters. The average molecular weight is 481 g/mol. The van der Waals surface area contributed by atoms with Crippen molar-refractivity contribution in [3.05, 3.63) is 70.2 Å². The normalized spacial score (nSPS) is 15.7. The second-order valence-corrected chi connectivity index (χ2v) is 11.4. The highest BCUT2D eigenvalue weighted by atomic mass is 35.5. The molecule has 3 rings (SSSR count). The van der Waals surface area contributed by atoms with Crippen molar-refractivity contribution in [3.63, 3.8) is 0 Å². The number of rotatable bonds is 9. The van der Waals surface area contributed by atoms with Crippen molar-refractivity contribution in [2.24, 2.45) is 5.92 Å². The predicted octanol–water partition coefficient (Wildman–Crippen LogP) is 4.24. The summed E-state index contributed by atoms with van der Waals surface area (Å²) in [5.74, 6) is 1.62. The van der Waals surface area contributed by atoms with E-state index in [1.54, 1.807) is 36.0 Å². The van der Waals surface area contributed by atoms with Crippen LogP contribution in [0.15, 0.2) is 48.5 Å². The van der Waals surface area contributed by atoms with Gasteiger partial charge in [0.05, 0.1) is 5.75 Å². The van der Waals surface area contributed by atoms with Crippen LogP contribution in [0.1, 0.15) is 29.5 Å². The molecule has 0 atom stereocenters. The largest absolute Gasteiger partial charge is 0.355 e. The van der Waals surface area contributed by atoms with Gasteiger partial charge >= 0.3 is 0 Å². The average Bonchev–Trinajstić information content (AvgIpc) is 2.73. The van der Waals surface area contributed by atoms with Gasteiger partial charge in [-0.2, -0.15) is 11.8 Å². The maximum absolute atomic E-state index is 12.7. The number of carbonyl (C=O) groups is 1. The number of hydrogen-bond acceptors (Lipinski definition) is 4. The van der Waals surface area contributed by atoms with E-state index in [0.29, 0.717) is 43.1 Å². The lowest BCUT2D eigenvalue weighted by atomic mass is 9.97. The first kappa shape index (κ1) is 24.1.